The van der Waals surface area contributed by atoms with Crippen molar-refractivity contribution < 1.29 is 14.0 Å². The second-order valence-electron chi connectivity index (χ2n) is 8.09. The normalized spacial score (nSPS) is 13.7. The summed E-state index contributed by atoms with van der Waals surface area (Å²) in [7, 11) is 0. The molecule has 0 aromatic heterocycles. The number of hydrogen-bond donors (Lipinski definition) is 1. The van der Waals surface area contributed by atoms with E-state index in [1.165, 1.54) is 34.9 Å². The molecule has 1 aliphatic rings. The fourth-order valence-electron chi connectivity index (χ4n) is 3.58. The number of aryl methyl sites for hydroxylation is 2. The van der Waals surface area contributed by atoms with Gasteiger partial charge in [-0.15, -0.1) is 0 Å². The van der Waals surface area contributed by atoms with Crippen LogP contribution in [0, 0.1) is 12.7 Å². The summed E-state index contributed by atoms with van der Waals surface area (Å²) < 4.78 is 13.6. The van der Waals surface area contributed by atoms with Gasteiger partial charge in [0, 0.05) is 10.6 Å². The standard InChI is InChI=1S/C27H24ClFN2O2S/c1-3-4-5-18-8-11-20(12-9-18)31-26(32)24(30-19-10-15-23(29)22(28)16-19)25(27(31)33)34-21-13-6-17(2)7-14-21/h6-16,30H,3-5H2,1-2H3. The summed E-state index contributed by atoms with van der Waals surface area (Å²) in [5.41, 5.74) is 3.31. The zero-order chi connectivity index (χ0) is 24.2. The van der Waals surface area contributed by atoms with Crippen molar-refractivity contribution in [2.75, 3.05) is 10.2 Å². The van der Waals surface area contributed by atoms with E-state index in [-0.39, 0.29) is 15.6 Å². The maximum Gasteiger partial charge on any atom is 0.283 e. The first-order valence-electron chi connectivity index (χ1n) is 11.1. The second-order valence-corrected chi connectivity index (χ2v) is 9.58. The van der Waals surface area contributed by atoms with Crippen LogP contribution in [0.4, 0.5) is 15.8 Å². The predicted octanol–water partition coefficient (Wildman–Crippen LogP) is 7.12. The van der Waals surface area contributed by atoms with E-state index in [4.69, 9.17) is 11.6 Å². The van der Waals surface area contributed by atoms with Crippen LogP contribution in [0.25, 0.3) is 0 Å². The number of nitrogens with one attached hydrogen (secondary N) is 1. The molecule has 0 radical (unpaired) electrons. The Morgan fingerprint density at radius 2 is 1.68 bits per heavy atom. The lowest BCUT2D eigenvalue weighted by Gasteiger charge is -2.16. The summed E-state index contributed by atoms with van der Waals surface area (Å²) in [5.74, 6) is -1.44. The van der Waals surface area contributed by atoms with E-state index in [0.717, 1.165) is 35.3 Å². The first-order valence-corrected chi connectivity index (χ1v) is 12.3. The van der Waals surface area contributed by atoms with Gasteiger partial charge < -0.3 is 5.32 Å². The molecule has 0 saturated carbocycles. The Kier molecular flexibility index (Phi) is 7.39. The predicted molar refractivity (Wildman–Crippen MR) is 137 cm³/mol. The third kappa shape index (κ3) is 5.18. The van der Waals surface area contributed by atoms with Crippen molar-refractivity contribution in [2.45, 2.75) is 38.0 Å². The Hall–Kier alpha value is -3.09. The largest absolute Gasteiger partial charge is 0.350 e. The highest BCUT2D eigenvalue weighted by Gasteiger charge is 2.40. The molecule has 0 bridgehead atoms. The van der Waals surface area contributed by atoms with Crippen LogP contribution in [0.2, 0.25) is 5.02 Å². The van der Waals surface area contributed by atoms with Gasteiger partial charge in [-0.2, -0.15) is 0 Å². The first-order chi connectivity index (χ1) is 16.4. The lowest BCUT2D eigenvalue weighted by Crippen LogP contribution is -2.32. The number of benzene rings is 3. The van der Waals surface area contributed by atoms with Crippen LogP contribution in [-0.4, -0.2) is 11.8 Å². The number of nitrogens with zero attached hydrogens (tertiary/aromatic N) is 1. The van der Waals surface area contributed by atoms with Gasteiger partial charge in [-0.05, 0) is 67.8 Å². The number of unbranched alkanes of at least 4 members (excludes halogenated alkanes) is 1. The molecular formula is C27H24ClFN2O2S. The van der Waals surface area contributed by atoms with Crippen molar-refractivity contribution in [3.8, 4) is 0 Å². The number of rotatable bonds is 8. The molecule has 7 heteroatoms. The highest BCUT2D eigenvalue weighted by molar-refractivity contribution is 8.04. The molecule has 1 aliphatic heterocycles. The third-order valence-electron chi connectivity index (χ3n) is 5.48. The molecule has 1 heterocycles. The van der Waals surface area contributed by atoms with Gasteiger partial charge in [0.05, 0.1) is 10.7 Å². The van der Waals surface area contributed by atoms with Gasteiger partial charge in [0.25, 0.3) is 11.8 Å². The van der Waals surface area contributed by atoms with Crippen molar-refractivity contribution in [2.24, 2.45) is 0 Å². The minimum atomic E-state index is -0.561. The Labute approximate surface area is 207 Å². The van der Waals surface area contributed by atoms with E-state index in [0.29, 0.717) is 11.4 Å². The second kappa shape index (κ2) is 10.5. The lowest BCUT2D eigenvalue weighted by molar-refractivity contribution is -0.120. The first kappa shape index (κ1) is 24.0. The van der Waals surface area contributed by atoms with Crippen molar-refractivity contribution in [1.82, 2.24) is 0 Å². The quantitative estimate of drug-likeness (QED) is 0.339. The van der Waals surface area contributed by atoms with Crippen LogP contribution in [0.1, 0.15) is 30.9 Å². The number of amides is 2. The van der Waals surface area contributed by atoms with Gasteiger partial charge in [0.1, 0.15) is 16.4 Å². The topological polar surface area (TPSA) is 49.4 Å². The maximum absolute atomic E-state index is 13.6. The zero-order valence-electron chi connectivity index (χ0n) is 18.9. The molecule has 3 aromatic rings. The molecule has 34 heavy (non-hydrogen) atoms. The van der Waals surface area contributed by atoms with Gasteiger partial charge in [-0.25, -0.2) is 9.29 Å². The number of anilines is 2. The Balaban J connectivity index is 1.68. The summed E-state index contributed by atoms with van der Waals surface area (Å²) in [4.78, 5) is 29.2. The van der Waals surface area contributed by atoms with Crippen LogP contribution in [0.3, 0.4) is 0 Å². The molecule has 174 valence electrons. The van der Waals surface area contributed by atoms with E-state index >= 15 is 0 Å². The van der Waals surface area contributed by atoms with Crippen LogP contribution in [0.5, 0.6) is 0 Å². The average Bonchev–Trinajstić information content (AvgIpc) is 3.05. The fourth-order valence-corrected chi connectivity index (χ4v) is 4.69. The van der Waals surface area contributed by atoms with Crippen LogP contribution < -0.4 is 10.2 Å². The minimum Gasteiger partial charge on any atom is -0.350 e. The number of halogens is 2. The van der Waals surface area contributed by atoms with Crippen LogP contribution in [0.15, 0.2) is 82.2 Å². The molecule has 3 aromatic carbocycles. The van der Waals surface area contributed by atoms with Crippen molar-refractivity contribution in [3.05, 3.63) is 99.3 Å². The van der Waals surface area contributed by atoms with Gasteiger partial charge in [0.15, 0.2) is 0 Å². The molecule has 2 amide bonds. The van der Waals surface area contributed by atoms with Crippen molar-refractivity contribution in [3.63, 3.8) is 0 Å². The van der Waals surface area contributed by atoms with Gasteiger partial charge >= 0.3 is 0 Å². The van der Waals surface area contributed by atoms with Crippen molar-refractivity contribution >= 4 is 46.6 Å². The van der Waals surface area contributed by atoms with E-state index in [1.807, 2.05) is 43.3 Å². The molecule has 0 atom stereocenters. The van der Waals surface area contributed by atoms with E-state index < -0.39 is 17.6 Å². The van der Waals surface area contributed by atoms with Crippen molar-refractivity contribution in [1.29, 1.82) is 0 Å². The number of imide groups is 1. The molecule has 0 spiro atoms. The van der Waals surface area contributed by atoms with Gasteiger partial charge in [-0.3, -0.25) is 9.59 Å². The maximum atomic E-state index is 13.6. The molecule has 0 unspecified atom stereocenters. The van der Waals surface area contributed by atoms with E-state index in [2.05, 4.69) is 12.2 Å². The van der Waals surface area contributed by atoms with E-state index in [9.17, 15) is 14.0 Å². The van der Waals surface area contributed by atoms with Crippen LogP contribution >= 0.6 is 23.4 Å². The number of thioether (sulfide) groups is 1. The molecule has 4 nitrogen and oxygen atoms in total. The monoisotopic (exact) mass is 494 g/mol. The van der Waals surface area contributed by atoms with Crippen LogP contribution in [-0.2, 0) is 16.0 Å². The summed E-state index contributed by atoms with van der Waals surface area (Å²) in [5, 5.41) is 2.93. The molecule has 4 rings (SSSR count). The molecule has 0 aliphatic carbocycles. The summed E-state index contributed by atoms with van der Waals surface area (Å²) in [6, 6.07) is 19.3. The summed E-state index contributed by atoms with van der Waals surface area (Å²) in [6.45, 7) is 4.12. The number of hydrogen-bond acceptors (Lipinski definition) is 4. The van der Waals surface area contributed by atoms with Gasteiger partial charge in [0.2, 0.25) is 0 Å². The zero-order valence-corrected chi connectivity index (χ0v) is 20.5. The smallest absolute Gasteiger partial charge is 0.283 e. The third-order valence-corrected chi connectivity index (χ3v) is 6.87. The summed E-state index contributed by atoms with van der Waals surface area (Å²) in [6.07, 6.45) is 3.12. The van der Waals surface area contributed by atoms with Gasteiger partial charge in [-0.1, -0.05) is 66.5 Å². The molecule has 1 N–H and O–H groups in total. The Bertz CT molecular complexity index is 1260. The minimum absolute atomic E-state index is 0.0744. The highest BCUT2D eigenvalue weighted by atomic mass is 35.5. The lowest BCUT2D eigenvalue weighted by atomic mass is 10.1. The van der Waals surface area contributed by atoms with E-state index in [1.54, 1.807) is 12.1 Å². The SMILES string of the molecule is CCCCc1ccc(N2C(=O)C(Nc3ccc(F)c(Cl)c3)=C(Sc3ccc(C)cc3)C2=O)cc1. The average molecular weight is 495 g/mol. The summed E-state index contributed by atoms with van der Waals surface area (Å²) >= 11 is 7.14. The Morgan fingerprint density at radius 3 is 2.32 bits per heavy atom. The molecule has 0 fully saturated rings. The Morgan fingerprint density at radius 1 is 0.971 bits per heavy atom. The molecular weight excluding hydrogens is 471 g/mol. The highest BCUT2D eigenvalue weighted by Crippen LogP contribution is 2.38. The fraction of sp³-hybridized carbons (Fsp3) is 0.185. The molecule has 0 saturated heterocycles. The number of carbonyl (C=O) groups excluding carboxylic acids is 2. The number of carbonyl (C=O) groups is 2.